The number of carbonyl (C=O) groups is 3. The predicted molar refractivity (Wildman–Crippen MR) is 70.1 cm³/mol. The van der Waals surface area contributed by atoms with Gasteiger partial charge in [-0.2, -0.15) is 0 Å². The molecule has 1 spiro atoms. The third-order valence-corrected chi connectivity index (χ3v) is 4.21. The second-order valence-corrected chi connectivity index (χ2v) is 5.30. The summed E-state index contributed by atoms with van der Waals surface area (Å²) in [6.45, 7) is 4.83. The molecule has 1 N–H and O–H groups in total. The maximum absolute atomic E-state index is 12.3. The summed E-state index contributed by atoms with van der Waals surface area (Å²) in [6.07, 6.45) is 4.11. The van der Waals surface area contributed by atoms with Crippen molar-refractivity contribution < 1.29 is 14.4 Å². The third kappa shape index (κ3) is 2.41. The van der Waals surface area contributed by atoms with Gasteiger partial charge in [0.15, 0.2) is 0 Å². The molecule has 2 fully saturated rings. The van der Waals surface area contributed by atoms with Crippen molar-refractivity contribution in [2.24, 2.45) is 5.41 Å². The van der Waals surface area contributed by atoms with Crippen LogP contribution in [0.1, 0.15) is 39.5 Å². The smallest absolute Gasteiger partial charge is 0.249 e. The van der Waals surface area contributed by atoms with E-state index in [0.29, 0.717) is 38.8 Å². The highest BCUT2D eigenvalue weighted by Gasteiger charge is 2.48. The fourth-order valence-electron chi connectivity index (χ4n) is 2.91. The molecule has 2 heterocycles. The summed E-state index contributed by atoms with van der Waals surface area (Å²) in [5.41, 5.74) is 0.236. The number of imide groups is 1. The van der Waals surface area contributed by atoms with Crippen LogP contribution in [0.15, 0.2) is 11.6 Å². The Balaban J connectivity index is 2.09. The molecule has 5 heteroatoms. The van der Waals surface area contributed by atoms with Crippen molar-refractivity contribution in [1.82, 2.24) is 10.2 Å². The lowest BCUT2D eigenvalue weighted by molar-refractivity contribution is -0.141. The van der Waals surface area contributed by atoms with Gasteiger partial charge < -0.3 is 4.90 Å². The molecule has 0 radical (unpaired) electrons. The van der Waals surface area contributed by atoms with Crippen LogP contribution < -0.4 is 5.32 Å². The Morgan fingerprint density at radius 1 is 1.42 bits per heavy atom. The molecule has 2 saturated heterocycles. The number of likely N-dealkylation sites (tertiary alicyclic amines) is 1. The van der Waals surface area contributed by atoms with Crippen molar-refractivity contribution in [1.29, 1.82) is 0 Å². The van der Waals surface area contributed by atoms with Crippen LogP contribution in [0.2, 0.25) is 0 Å². The molecule has 0 aromatic carbocycles. The maximum Gasteiger partial charge on any atom is 0.249 e. The fourth-order valence-corrected chi connectivity index (χ4v) is 2.91. The summed E-state index contributed by atoms with van der Waals surface area (Å²) in [4.78, 5) is 37.2. The zero-order valence-electron chi connectivity index (χ0n) is 11.5. The van der Waals surface area contributed by atoms with E-state index in [-0.39, 0.29) is 17.7 Å². The molecule has 0 bridgehead atoms. The van der Waals surface area contributed by atoms with Crippen LogP contribution in [-0.2, 0) is 14.4 Å². The van der Waals surface area contributed by atoms with Gasteiger partial charge in [-0.05, 0) is 26.2 Å². The van der Waals surface area contributed by atoms with E-state index >= 15 is 0 Å². The highest BCUT2D eigenvalue weighted by molar-refractivity contribution is 6.01. The molecule has 19 heavy (non-hydrogen) atoms. The summed E-state index contributed by atoms with van der Waals surface area (Å²) < 4.78 is 0. The molecule has 0 aliphatic carbocycles. The topological polar surface area (TPSA) is 66.5 Å². The molecular weight excluding hydrogens is 244 g/mol. The van der Waals surface area contributed by atoms with E-state index in [1.54, 1.807) is 4.90 Å². The van der Waals surface area contributed by atoms with E-state index in [9.17, 15) is 14.4 Å². The van der Waals surface area contributed by atoms with Gasteiger partial charge in [-0.3, -0.25) is 19.7 Å². The zero-order valence-corrected chi connectivity index (χ0v) is 11.5. The van der Waals surface area contributed by atoms with Crippen LogP contribution in [0.25, 0.3) is 0 Å². The molecule has 1 unspecified atom stereocenters. The Bertz CT molecular complexity index is 456. The van der Waals surface area contributed by atoms with Crippen molar-refractivity contribution >= 4 is 17.7 Å². The Morgan fingerprint density at radius 3 is 2.74 bits per heavy atom. The molecule has 0 saturated carbocycles. The summed E-state index contributed by atoms with van der Waals surface area (Å²) in [5.74, 6) is -0.396. The van der Waals surface area contributed by atoms with E-state index in [1.165, 1.54) is 0 Å². The van der Waals surface area contributed by atoms with Gasteiger partial charge in [-0.25, -0.2) is 0 Å². The first-order valence-electron chi connectivity index (χ1n) is 6.81. The van der Waals surface area contributed by atoms with Crippen molar-refractivity contribution in [3.8, 4) is 0 Å². The van der Waals surface area contributed by atoms with Crippen LogP contribution in [-0.4, -0.2) is 35.7 Å². The molecule has 1 atom stereocenters. The summed E-state index contributed by atoms with van der Waals surface area (Å²) in [6, 6.07) is 0. The van der Waals surface area contributed by atoms with Gasteiger partial charge in [0.1, 0.15) is 0 Å². The van der Waals surface area contributed by atoms with Gasteiger partial charge in [-0.1, -0.05) is 13.0 Å². The van der Waals surface area contributed by atoms with Gasteiger partial charge >= 0.3 is 0 Å². The number of hydrogen-bond acceptors (Lipinski definition) is 3. The van der Waals surface area contributed by atoms with Gasteiger partial charge in [0.2, 0.25) is 17.7 Å². The number of rotatable bonds is 2. The minimum Gasteiger partial charge on any atom is -0.338 e. The molecule has 2 aliphatic rings. The average Bonchev–Trinajstić information content (AvgIpc) is 2.82. The van der Waals surface area contributed by atoms with Crippen LogP contribution in [0.3, 0.4) is 0 Å². The highest BCUT2D eigenvalue weighted by Crippen LogP contribution is 2.38. The lowest BCUT2D eigenvalue weighted by atomic mass is 9.79. The minimum atomic E-state index is -0.545. The maximum atomic E-state index is 12.3. The average molecular weight is 264 g/mol. The van der Waals surface area contributed by atoms with Crippen molar-refractivity contribution in [3.63, 3.8) is 0 Å². The van der Waals surface area contributed by atoms with Gasteiger partial charge in [-0.15, -0.1) is 0 Å². The van der Waals surface area contributed by atoms with Crippen molar-refractivity contribution in [3.05, 3.63) is 11.6 Å². The first-order chi connectivity index (χ1) is 9.02. The number of amides is 3. The number of hydrogen-bond donors (Lipinski definition) is 1. The first kappa shape index (κ1) is 13.8. The van der Waals surface area contributed by atoms with Gasteiger partial charge in [0.05, 0.1) is 5.41 Å². The molecule has 3 amide bonds. The molecule has 2 rings (SSSR count). The highest BCUT2D eigenvalue weighted by atomic mass is 16.2. The normalized spacial score (nSPS) is 27.9. The van der Waals surface area contributed by atoms with Crippen molar-refractivity contribution in [2.75, 3.05) is 13.1 Å². The Morgan fingerprint density at radius 2 is 2.16 bits per heavy atom. The predicted octanol–water partition coefficient (Wildman–Crippen LogP) is 0.998. The number of carbonyl (C=O) groups excluding carboxylic acids is 3. The Hall–Kier alpha value is -1.65. The zero-order chi connectivity index (χ0) is 14.0. The second kappa shape index (κ2) is 5.15. The Labute approximate surface area is 113 Å². The fraction of sp³-hybridized carbons (Fsp3) is 0.643. The van der Waals surface area contributed by atoms with E-state index in [4.69, 9.17) is 0 Å². The summed E-state index contributed by atoms with van der Waals surface area (Å²) in [7, 11) is 0. The molecule has 104 valence electrons. The molecule has 5 nitrogen and oxygen atoms in total. The minimum absolute atomic E-state index is 0.0200. The van der Waals surface area contributed by atoms with E-state index in [0.717, 1.165) is 5.57 Å². The SMILES string of the molecule is C/C=C(\CC)C(=O)N1CCC2(CCC(=O)NC2=O)C1. The number of piperidine rings is 1. The third-order valence-electron chi connectivity index (χ3n) is 4.21. The Kier molecular flexibility index (Phi) is 3.73. The quantitative estimate of drug-likeness (QED) is 0.597. The second-order valence-electron chi connectivity index (χ2n) is 5.30. The molecule has 2 aliphatic heterocycles. The standard InChI is InChI=1S/C14H20N2O3/c1-3-10(4-2)12(18)16-8-7-14(9-16)6-5-11(17)15-13(14)19/h3H,4-9H2,1-2H3,(H,15,17,19)/b10-3+. The summed E-state index contributed by atoms with van der Waals surface area (Å²) >= 11 is 0. The lowest BCUT2D eigenvalue weighted by Crippen LogP contribution is -2.50. The molecule has 0 aromatic rings. The first-order valence-corrected chi connectivity index (χ1v) is 6.81. The largest absolute Gasteiger partial charge is 0.338 e. The van der Waals surface area contributed by atoms with E-state index in [2.05, 4.69) is 5.32 Å². The lowest BCUT2D eigenvalue weighted by Gasteiger charge is -2.31. The van der Waals surface area contributed by atoms with Crippen LogP contribution in [0.5, 0.6) is 0 Å². The monoisotopic (exact) mass is 264 g/mol. The molecular formula is C14H20N2O3. The van der Waals surface area contributed by atoms with E-state index in [1.807, 2.05) is 19.9 Å². The van der Waals surface area contributed by atoms with Crippen LogP contribution in [0, 0.1) is 5.41 Å². The summed E-state index contributed by atoms with van der Waals surface area (Å²) in [5, 5.41) is 2.40. The van der Waals surface area contributed by atoms with E-state index < -0.39 is 5.41 Å². The number of nitrogens with one attached hydrogen (secondary N) is 1. The molecule has 0 aromatic heterocycles. The van der Waals surface area contributed by atoms with Crippen molar-refractivity contribution in [2.45, 2.75) is 39.5 Å². The van der Waals surface area contributed by atoms with Gasteiger partial charge in [0.25, 0.3) is 0 Å². The number of nitrogens with zero attached hydrogens (tertiary/aromatic N) is 1. The van der Waals surface area contributed by atoms with Crippen LogP contribution in [0.4, 0.5) is 0 Å². The van der Waals surface area contributed by atoms with Gasteiger partial charge in [0, 0.05) is 25.1 Å². The number of allylic oxidation sites excluding steroid dienone is 1. The van der Waals surface area contributed by atoms with Crippen LogP contribution >= 0.6 is 0 Å².